The van der Waals surface area contributed by atoms with Gasteiger partial charge in [0.2, 0.25) is 11.8 Å². The SMILES string of the molecule is CCOC(=O)[C@@H]1[C@H]2CCCC2CN1C(=O)[C@@H](NC(=C1CC1)[C@@H](NC(=O)[C@H](CNC(=O)O)NC(=O)OC)C1CCCCC1)C(C)(C)C. The minimum Gasteiger partial charge on any atom is -0.465 e. The van der Waals surface area contributed by atoms with Crippen molar-refractivity contribution >= 4 is 30.0 Å². The van der Waals surface area contributed by atoms with Gasteiger partial charge in [-0.25, -0.2) is 14.4 Å². The Morgan fingerprint density at radius 1 is 0.957 bits per heavy atom. The molecule has 0 spiro atoms. The molecule has 6 atom stereocenters. The van der Waals surface area contributed by atoms with E-state index in [4.69, 9.17) is 4.74 Å². The first-order valence-corrected chi connectivity index (χ1v) is 16.9. The molecule has 0 bridgehead atoms. The van der Waals surface area contributed by atoms with Gasteiger partial charge in [0.1, 0.15) is 18.1 Å². The average molecular weight is 648 g/mol. The van der Waals surface area contributed by atoms with Gasteiger partial charge in [-0.15, -0.1) is 0 Å². The van der Waals surface area contributed by atoms with Crippen LogP contribution in [-0.2, 0) is 23.9 Å². The van der Waals surface area contributed by atoms with Crippen LogP contribution >= 0.6 is 0 Å². The van der Waals surface area contributed by atoms with Gasteiger partial charge in [-0.05, 0) is 74.2 Å². The first-order valence-electron chi connectivity index (χ1n) is 16.9. The number of rotatable bonds is 12. The van der Waals surface area contributed by atoms with Gasteiger partial charge in [0, 0.05) is 12.2 Å². The first-order chi connectivity index (χ1) is 21.8. The maximum Gasteiger partial charge on any atom is 0.407 e. The summed E-state index contributed by atoms with van der Waals surface area (Å²) in [5.41, 5.74) is 1.39. The third kappa shape index (κ3) is 8.64. The number of nitrogens with zero attached hydrogens (tertiary/aromatic N) is 1. The lowest BCUT2D eigenvalue weighted by atomic mass is 9.80. The number of ether oxygens (including phenoxy) is 2. The van der Waals surface area contributed by atoms with Crippen LogP contribution in [0.1, 0.15) is 91.9 Å². The number of hydrogen-bond donors (Lipinski definition) is 5. The number of amides is 4. The normalized spacial score (nSPS) is 24.6. The molecule has 0 aromatic carbocycles. The third-order valence-electron chi connectivity index (χ3n) is 9.98. The summed E-state index contributed by atoms with van der Waals surface area (Å²) in [5, 5.41) is 20.6. The van der Waals surface area contributed by atoms with E-state index in [1.54, 1.807) is 11.8 Å². The molecule has 4 rings (SSSR count). The molecule has 3 saturated carbocycles. The summed E-state index contributed by atoms with van der Waals surface area (Å²) in [6, 6.07) is -2.99. The Hall–Kier alpha value is -3.51. The van der Waals surface area contributed by atoms with Gasteiger partial charge < -0.3 is 40.7 Å². The molecule has 0 aromatic heterocycles. The van der Waals surface area contributed by atoms with E-state index >= 15 is 0 Å². The first kappa shape index (κ1) is 35.3. The summed E-state index contributed by atoms with van der Waals surface area (Å²) in [5.74, 6) is -0.600. The zero-order chi connectivity index (χ0) is 33.6. The van der Waals surface area contributed by atoms with Crippen molar-refractivity contribution in [3.63, 3.8) is 0 Å². The molecular weight excluding hydrogens is 594 g/mol. The van der Waals surface area contributed by atoms with Crippen LogP contribution in [0.15, 0.2) is 11.3 Å². The topological polar surface area (TPSA) is 175 Å². The Morgan fingerprint density at radius 2 is 1.65 bits per heavy atom. The molecule has 0 radical (unpaired) electrons. The van der Waals surface area contributed by atoms with Gasteiger partial charge >= 0.3 is 18.2 Å². The Labute approximate surface area is 271 Å². The minimum absolute atomic E-state index is 0.0775. The molecule has 258 valence electrons. The van der Waals surface area contributed by atoms with Gasteiger partial charge in [-0.3, -0.25) is 9.59 Å². The van der Waals surface area contributed by atoms with Gasteiger partial charge in [-0.2, -0.15) is 0 Å². The number of likely N-dealkylation sites (tertiary alicyclic amines) is 1. The van der Waals surface area contributed by atoms with Gasteiger partial charge in [0.25, 0.3) is 0 Å². The van der Waals surface area contributed by atoms with E-state index in [1.165, 1.54) is 7.11 Å². The van der Waals surface area contributed by atoms with Crippen LogP contribution in [0.2, 0.25) is 0 Å². The average Bonchev–Trinajstić information content (AvgIpc) is 3.63. The maximum atomic E-state index is 14.6. The van der Waals surface area contributed by atoms with E-state index in [9.17, 15) is 29.1 Å². The van der Waals surface area contributed by atoms with Gasteiger partial charge in [0.15, 0.2) is 0 Å². The summed E-state index contributed by atoms with van der Waals surface area (Å²) < 4.78 is 10.2. The Balaban J connectivity index is 1.64. The lowest BCUT2D eigenvalue weighted by molar-refractivity contribution is -0.155. The molecule has 13 nitrogen and oxygen atoms in total. The monoisotopic (exact) mass is 647 g/mol. The predicted molar refractivity (Wildman–Crippen MR) is 169 cm³/mol. The molecule has 46 heavy (non-hydrogen) atoms. The summed E-state index contributed by atoms with van der Waals surface area (Å²) in [4.78, 5) is 66.6. The Morgan fingerprint density at radius 3 is 2.24 bits per heavy atom. The fraction of sp³-hybridized carbons (Fsp3) is 0.788. The number of alkyl carbamates (subject to hydrolysis) is 1. The standard InChI is InChI=1S/C33H53N5O8/c1-6-46-30(41)26-22-14-10-13-21(22)18-38(26)29(40)27(33(2,3)4)36-24(20-15-16-20)25(19-11-8-7-9-12-19)37-28(39)23(17-34-31(42)43)35-32(44)45-5/h19,21-23,25-27,34,36H,6-18H2,1-5H3,(H,35,44)(H,37,39)(H,42,43)/t21?,22-,23-,25-,26-,27+/m0/s1. The van der Waals surface area contributed by atoms with Gasteiger partial charge in [0.05, 0.1) is 26.3 Å². The molecule has 4 amide bonds. The number of allylic oxidation sites excluding steroid dienone is 1. The van der Waals surface area contributed by atoms with E-state index in [2.05, 4.69) is 26.0 Å². The van der Waals surface area contributed by atoms with E-state index < -0.39 is 47.7 Å². The fourth-order valence-electron chi connectivity index (χ4n) is 7.52. The van der Waals surface area contributed by atoms with E-state index in [0.717, 1.165) is 75.5 Å². The molecule has 3 aliphatic carbocycles. The zero-order valence-corrected chi connectivity index (χ0v) is 28.0. The summed E-state index contributed by atoms with van der Waals surface area (Å²) in [7, 11) is 1.17. The van der Waals surface area contributed by atoms with Crippen LogP contribution in [0.5, 0.6) is 0 Å². The van der Waals surface area contributed by atoms with Crippen molar-refractivity contribution < 1.29 is 38.6 Å². The zero-order valence-electron chi connectivity index (χ0n) is 28.0. The molecule has 1 heterocycles. The van der Waals surface area contributed by atoms with Crippen molar-refractivity contribution in [2.45, 2.75) is 116 Å². The third-order valence-corrected chi connectivity index (χ3v) is 9.98. The lowest BCUT2D eigenvalue weighted by Crippen LogP contribution is -2.60. The van der Waals surface area contributed by atoms with Crippen LogP contribution in [0.3, 0.4) is 0 Å². The predicted octanol–water partition coefficient (Wildman–Crippen LogP) is 3.29. The van der Waals surface area contributed by atoms with Crippen molar-refractivity contribution in [1.82, 2.24) is 26.2 Å². The molecule has 1 aliphatic heterocycles. The van der Waals surface area contributed by atoms with Crippen LogP contribution in [0, 0.1) is 23.2 Å². The number of esters is 1. The van der Waals surface area contributed by atoms with Crippen molar-refractivity contribution in [2.75, 3.05) is 26.8 Å². The second-order valence-corrected chi connectivity index (χ2v) is 14.3. The minimum atomic E-state index is -1.32. The summed E-state index contributed by atoms with van der Waals surface area (Å²) >= 11 is 0. The highest BCUT2D eigenvalue weighted by Crippen LogP contribution is 2.44. The highest BCUT2D eigenvalue weighted by Gasteiger charge is 2.52. The summed E-state index contributed by atoms with van der Waals surface area (Å²) in [6.45, 7) is 8.20. The van der Waals surface area contributed by atoms with Crippen LogP contribution in [0.4, 0.5) is 9.59 Å². The van der Waals surface area contributed by atoms with Crippen LogP contribution in [0.25, 0.3) is 0 Å². The van der Waals surface area contributed by atoms with E-state index in [0.29, 0.717) is 6.54 Å². The van der Waals surface area contributed by atoms with E-state index in [-0.39, 0.29) is 42.8 Å². The molecular formula is C33H53N5O8. The molecule has 4 aliphatic rings. The highest BCUT2D eigenvalue weighted by molar-refractivity contribution is 5.90. The Kier molecular flexibility index (Phi) is 11.8. The van der Waals surface area contributed by atoms with Crippen molar-refractivity contribution in [3.8, 4) is 0 Å². The largest absolute Gasteiger partial charge is 0.465 e. The number of nitrogens with one attached hydrogen (secondary N) is 4. The smallest absolute Gasteiger partial charge is 0.407 e. The van der Waals surface area contributed by atoms with Gasteiger partial charge in [-0.1, -0.05) is 46.5 Å². The molecule has 0 aromatic rings. The number of carboxylic acid groups (broad SMARTS) is 1. The number of fused-ring (bicyclic) bond motifs is 1. The van der Waals surface area contributed by atoms with E-state index in [1.807, 2.05) is 20.8 Å². The maximum absolute atomic E-state index is 14.6. The second kappa shape index (κ2) is 15.4. The van der Waals surface area contributed by atoms with Crippen LogP contribution < -0.4 is 21.3 Å². The number of methoxy groups -OCH3 is 1. The van der Waals surface area contributed by atoms with Crippen LogP contribution in [-0.4, -0.2) is 91.0 Å². The number of hydrogen-bond acceptors (Lipinski definition) is 8. The quantitative estimate of drug-likeness (QED) is 0.199. The van der Waals surface area contributed by atoms with Crippen molar-refractivity contribution in [2.24, 2.45) is 23.2 Å². The number of carbonyl (C=O) groups excluding carboxylic acids is 4. The highest BCUT2D eigenvalue weighted by atomic mass is 16.5. The molecule has 13 heteroatoms. The molecule has 5 N–H and O–H groups in total. The fourth-order valence-corrected chi connectivity index (χ4v) is 7.52. The molecule has 4 fully saturated rings. The van der Waals surface area contributed by atoms with Crippen molar-refractivity contribution in [1.29, 1.82) is 0 Å². The lowest BCUT2D eigenvalue weighted by Gasteiger charge is -2.40. The van der Waals surface area contributed by atoms with Crippen molar-refractivity contribution in [3.05, 3.63) is 11.3 Å². The molecule has 1 unspecified atom stereocenters. The second-order valence-electron chi connectivity index (χ2n) is 14.3. The number of carbonyl (C=O) groups is 5. The Bertz CT molecular complexity index is 1170. The summed E-state index contributed by atoms with van der Waals surface area (Å²) in [6.07, 6.45) is 7.26. The molecule has 1 saturated heterocycles.